The molecule has 0 aliphatic heterocycles. The Morgan fingerprint density at radius 2 is 1.11 bits per heavy atom. The van der Waals surface area contributed by atoms with Crippen molar-refractivity contribution in [3.05, 3.63) is 156 Å². The van der Waals surface area contributed by atoms with E-state index < -0.39 is 0 Å². The molecule has 0 N–H and O–H groups in total. The average molecular weight is 590 g/mol. The van der Waals surface area contributed by atoms with Crippen LogP contribution < -0.4 is 0 Å². The molecule has 3 nitrogen and oxygen atoms in total. The number of allylic oxidation sites excluding steroid dienone is 1. The highest BCUT2D eigenvalue weighted by Crippen LogP contribution is 2.42. The predicted molar refractivity (Wildman–Crippen MR) is 194 cm³/mol. The maximum Gasteiger partial charge on any atom is 0.0641 e. The molecule has 10 rings (SSSR count). The minimum Gasteiger partial charge on any atom is -0.313 e. The molecule has 0 atom stereocenters. The van der Waals surface area contributed by atoms with Crippen molar-refractivity contribution in [3.63, 3.8) is 0 Å². The van der Waals surface area contributed by atoms with Gasteiger partial charge in [-0.2, -0.15) is 0 Å². The summed E-state index contributed by atoms with van der Waals surface area (Å²) in [5.41, 5.74) is 13.8. The molecule has 3 aromatic heterocycles. The van der Waals surface area contributed by atoms with Crippen molar-refractivity contribution in [3.8, 4) is 17.1 Å². The van der Waals surface area contributed by atoms with Gasteiger partial charge in [-0.25, -0.2) is 0 Å². The van der Waals surface area contributed by atoms with Crippen molar-refractivity contribution < 1.29 is 0 Å². The van der Waals surface area contributed by atoms with E-state index in [-0.39, 0.29) is 0 Å². The number of aromatic nitrogens is 3. The van der Waals surface area contributed by atoms with E-state index in [1.54, 1.807) is 0 Å². The van der Waals surface area contributed by atoms with Gasteiger partial charge in [0.2, 0.25) is 0 Å². The minimum absolute atomic E-state index is 1.04. The lowest BCUT2D eigenvalue weighted by atomic mass is 10.0. The van der Waals surface area contributed by atoms with Crippen molar-refractivity contribution in [2.24, 2.45) is 0 Å². The average Bonchev–Trinajstić information content (AvgIpc) is 3.74. The highest BCUT2D eigenvalue weighted by molar-refractivity contribution is 6.26. The van der Waals surface area contributed by atoms with E-state index in [9.17, 15) is 0 Å². The van der Waals surface area contributed by atoms with Crippen molar-refractivity contribution in [2.45, 2.75) is 19.8 Å². The second kappa shape index (κ2) is 9.60. The van der Waals surface area contributed by atoms with Gasteiger partial charge in [0.25, 0.3) is 0 Å². The van der Waals surface area contributed by atoms with E-state index in [2.05, 4.69) is 166 Å². The summed E-state index contributed by atoms with van der Waals surface area (Å²) >= 11 is 0. The van der Waals surface area contributed by atoms with Gasteiger partial charge in [-0.3, -0.25) is 0 Å². The van der Waals surface area contributed by atoms with E-state index in [1.165, 1.54) is 88.4 Å². The highest BCUT2D eigenvalue weighted by Gasteiger charge is 2.22. The Balaban J connectivity index is 1.32. The third-order valence-corrected chi connectivity index (χ3v) is 9.90. The van der Waals surface area contributed by atoms with E-state index in [4.69, 9.17) is 0 Å². The molecule has 3 heterocycles. The lowest BCUT2D eigenvalue weighted by molar-refractivity contribution is 0.887. The lowest BCUT2D eigenvalue weighted by Crippen LogP contribution is -2.05. The Labute approximate surface area is 266 Å². The van der Waals surface area contributed by atoms with Gasteiger partial charge in [0.15, 0.2) is 0 Å². The van der Waals surface area contributed by atoms with Crippen LogP contribution >= 0.6 is 0 Å². The standard InChI is InChI=1S/C43H31N3/c1-28-25-30(44-37-19-9-5-15-32(37)33-16-6-10-20-38(33)44)27-31(26-28)45-40-22-12-8-18-36(40)42-41(45)24-23-35-34-17-7-11-21-39(34)46(43(35)42)29-13-3-2-4-14-29/h2-9,11-19,21-27H,10,20H2,1H3. The van der Waals surface area contributed by atoms with Gasteiger partial charge in [0.1, 0.15) is 0 Å². The fraction of sp³-hybridized carbons (Fsp3) is 0.0698. The maximum absolute atomic E-state index is 2.50. The second-order valence-electron chi connectivity index (χ2n) is 12.6. The maximum atomic E-state index is 2.50. The normalized spacial score (nSPS) is 13.1. The summed E-state index contributed by atoms with van der Waals surface area (Å²) in [5.74, 6) is 0. The third-order valence-electron chi connectivity index (χ3n) is 9.90. The number of nitrogens with zero attached hydrogens (tertiary/aromatic N) is 3. The first-order chi connectivity index (χ1) is 22.8. The van der Waals surface area contributed by atoms with Crippen molar-refractivity contribution in [1.29, 1.82) is 0 Å². The molecule has 1 aliphatic rings. The summed E-state index contributed by atoms with van der Waals surface area (Å²) in [6.45, 7) is 2.23. The Morgan fingerprint density at radius 3 is 1.89 bits per heavy atom. The molecule has 6 aromatic carbocycles. The molecule has 0 spiro atoms. The summed E-state index contributed by atoms with van der Waals surface area (Å²) in [6.07, 6.45) is 6.74. The third kappa shape index (κ3) is 3.48. The first-order valence-corrected chi connectivity index (χ1v) is 16.2. The SMILES string of the molecule is Cc1cc(-n2c3c(c4ccccc42)C=CCC3)cc(-n2c3ccccc3c3c2ccc2c4ccccc4n(-c4ccccc4)c23)c1. The summed E-state index contributed by atoms with van der Waals surface area (Å²) in [5, 5.41) is 6.42. The molecule has 46 heavy (non-hydrogen) atoms. The number of fused-ring (bicyclic) bond motifs is 10. The quantitative estimate of drug-likeness (QED) is 0.195. The Hall–Kier alpha value is -5.80. The molecule has 1 aliphatic carbocycles. The number of hydrogen-bond donors (Lipinski definition) is 0. The highest BCUT2D eigenvalue weighted by atomic mass is 15.0. The van der Waals surface area contributed by atoms with E-state index in [0.29, 0.717) is 0 Å². The zero-order valence-electron chi connectivity index (χ0n) is 25.6. The van der Waals surface area contributed by atoms with Gasteiger partial charge in [0.05, 0.1) is 27.6 Å². The van der Waals surface area contributed by atoms with Crippen LogP contribution in [0.1, 0.15) is 23.2 Å². The molecule has 0 amide bonds. The zero-order chi connectivity index (χ0) is 30.4. The van der Waals surface area contributed by atoms with Gasteiger partial charge in [0, 0.05) is 55.3 Å². The monoisotopic (exact) mass is 589 g/mol. The first kappa shape index (κ1) is 25.5. The smallest absolute Gasteiger partial charge is 0.0641 e. The van der Waals surface area contributed by atoms with Crippen LogP contribution in [0.15, 0.2) is 140 Å². The Bertz CT molecular complexity index is 2700. The largest absolute Gasteiger partial charge is 0.313 e. The van der Waals surface area contributed by atoms with Crippen LogP contribution in [-0.4, -0.2) is 13.7 Å². The van der Waals surface area contributed by atoms with Crippen LogP contribution in [-0.2, 0) is 6.42 Å². The molecule has 0 bridgehead atoms. The summed E-state index contributed by atoms with van der Waals surface area (Å²) in [6, 6.07) is 49.1. The molecule has 218 valence electrons. The van der Waals surface area contributed by atoms with Crippen molar-refractivity contribution in [2.75, 3.05) is 0 Å². The molecule has 0 saturated carbocycles. The lowest BCUT2D eigenvalue weighted by Gasteiger charge is -2.17. The van der Waals surface area contributed by atoms with E-state index >= 15 is 0 Å². The first-order valence-electron chi connectivity index (χ1n) is 16.2. The van der Waals surface area contributed by atoms with Crippen LogP contribution in [0.5, 0.6) is 0 Å². The summed E-state index contributed by atoms with van der Waals surface area (Å²) < 4.78 is 7.44. The van der Waals surface area contributed by atoms with Gasteiger partial charge in [-0.05, 0) is 79.9 Å². The van der Waals surface area contributed by atoms with Crippen LogP contribution in [0.25, 0.3) is 77.7 Å². The van der Waals surface area contributed by atoms with Crippen molar-refractivity contribution >= 4 is 60.6 Å². The summed E-state index contributed by atoms with van der Waals surface area (Å²) in [4.78, 5) is 0. The van der Waals surface area contributed by atoms with Crippen molar-refractivity contribution in [1.82, 2.24) is 13.7 Å². The number of hydrogen-bond acceptors (Lipinski definition) is 0. The molecule has 0 unspecified atom stereocenters. The van der Waals surface area contributed by atoms with Crippen LogP contribution in [0.2, 0.25) is 0 Å². The topological polar surface area (TPSA) is 14.8 Å². The Morgan fingerprint density at radius 1 is 0.478 bits per heavy atom. The van der Waals surface area contributed by atoms with E-state index in [0.717, 1.165) is 12.8 Å². The summed E-state index contributed by atoms with van der Waals surface area (Å²) in [7, 11) is 0. The second-order valence-corrected chi connectivity index (χ2v) is 12.6. The molecule has 3 heteroatoms. The van der Waals surface area contributed by atoms with Crippen LogP contribution in [0.4, 0.5) is 0 Å². The Kier molecular flexibility index (Phi) is 5.32. The minimum atomic E-state index is 1.04. The van der Waals surface area contributed by atoms with Crippen LogP contribution in [0.3, 0.4) is 0 Å². The number of aryl methyl sites for hydroxylation is 1. The number of benzene rings is 6. The van der Waals surface area contributed by atoms with Crippen LogP contribution in [0, 0.1) is 6.92 Å². The molecular weight excluding hydrogens is 558 g/mol. The zero-order valence-corrected chi connectivity index (χ0v) is 25.6. The van der Waals surface area contributed by atoms with Gasteiger partial charge < -0.3 is 13.7 Å². The van der Waals surface area contributed by atoms with Gasteiger partial charge in [-0.1, -0.05) is 91.0 Å². The fourth-order valence-electron chi connectivity index (χ4n) is 8.10. The molecule has 0 radical (unpaired) electrons. The number of rotatable bonds is 3. The molecule has 0 saturated heterocycles. The number of para-hydroxylation sites is 4. The van der Waals surface area contributed by atoms with Gasteiger partial charge >= 0.3 is 0 Å². The van der Waals surface area contributed by atoms with E-state index in [1.807, 2.05) is 0 Å². The molecule has 0 fully saturated rings. The predicted octanol–water partition coefficient (Wildman–Crippen LogP) is 11.1. The molecule has 9 aromatic rings. The molecular formula is C43H31N3. The van der Waals surface area contributed by atoms with Gasteiger partial charge in [-0.15, -0.1) is 0 Å². The fourth-order valence-corrected chi connectivity index (χ4v) is 8.10.